The predicted octanol–water partition coefficient (Wildman–Crippen LogP) is 16.2. The molecule has 2 heterocycles. The van der Waals surface area contributed by atoms with E-state index in [1.54, 1.807) is 11.3 Å². The van der Waals surface area contributed by atoms with Crippen LogP contribution in [0.1, 0.15) is 0 Å². The molecule has 0 amide bonds. The van der Waals surface area contributed by atoms with Gasteiger partial charge in [-0.15, -0.1) is 11.3 Å². The maximum Gasteiger partial charge on any atom is 0.161 e. The van der Waals surface area contributed by atoms with Gasteiger partial charge in [-0.2, -0.15) is 0 Å². The average Bonchev–Trinajstić information content (AvgIpc) is 3.73. The molecule has 61 heavy (non-hydrogen) atoms. The van der Waals surface area contributed by atoms with Crippen molar-refractivity contribution in [3.63, 3.8) is 0 Å². The molecular formula is C58H38N2S. The summed E-state index contributed by atoms with van der Waals surface area (Å²) in [5, 5.41) is 2.26. The van der Waals surface area contributed by atoms with Crippen LogP contribution in [0, 0.1) is 0 Å². The normalized spacial score (nSPS) is 11.3. The quantitative estimate of drug-likeness (QED) is 0.153. The molecule has 11 rings (SSSR count). The monoisotopic (exact) mass is 794 g/mol. The highest BCUT2D eigenvalue weighted by Crippen LogP contribution is 2.41. The van der Waals surface area contributed by atoms with Crippen molar-refractivity contribution >= 4 is 31.6 Å². The minimum atomic E-state index is 0.714. The molecule has 0 spiro atoms. The second kappa shape index (κ2) is 15.8. The van der Waals surface area contributed by atoms with Gasteiger partial charge in [-0.25, -0.2) is 9.97 Å². The maximum absolute atomic E-state index is 5.46. The van der Waals surface area contributed by atoms with E-state index in [9.17, 15) is 0 Å². The summed E-state index contributed by atoms with van der Waals surface area (Å²) in [5.41, 5.74) is 17.1. The van der Waals surface area contributed by atoms with Crippen molar-refractivity contribution in [3.05, 3.63) is 231 Å². The summed E-state index contributed by atoms with van der Waals surface area (Å²) in [6.07, 6.45) is 0. The van der Waals surface area contributed by atoms with E-state index in [1.165, 1.54) is 54.6 Å². The van der Waals surface area contributed by atoms with E-state index in [1.807, 2.05) is 0 Å². The molecule has 0 saturated heterocycles. The molecule has 0 N–H and O–H groups in total. The number of fused-ring (bicyclic) bond motifs is 3. The highest BCUT2D eigenvalue weighted by molar-refractivity contribution is 7.25. The van der Waals surface area contributed by atoms with Crippen LogP contribution in [0.2, 0.25) is 0 Å². The fraction of sp³-hybridized carbons (Fsp3) is 0. The molecule has 0 aliphatic rings. The molecule has 9 aromatic carbocycles. The van der Waals surface area contributed by atoms with Gasteiger partial charge in [0.1, 0.15) is 4.83 Å². The van der Waals surface area contributed by atoms with Crippen molar-refractivity contribution < 1.29 is 0 Å². The minimum Gasteiger partial charge on any atom is -0.227 e. The van der Waals surface area contributed by atoms with E-state index < -0.39 is 0 Å². The topological polar surface area (TPSA) is 25.8 Å². The molecule has 2 aromatic heterocycles. The first-order chi connectivity index (χ1) is 30.2. The third-order valence-electron chi connectivity index (χ3n) is 11.5. The minimum absolute atomic E-state index is 0.714. The number of nitrogens with zero attached hydrogens (tertiary/aromatic N) is 2. The molecule has 0 fully saturated rings. The van der Waals surface area contributed by atoms with Gasteiger partial charge in [-0.3, -0.25) is 0 Å². The highest BCUT2D eigenvalue weighted by atomic mass is 32.1. The standard InChI is InChI=1S/C58H38N2S/c1-4-15-39(16-5-1)42-29-31-43(32-30-42)44-21-12-22-45(33-44)46-23-14-26-49(35-46)57-59-56(55-53-27-10-11-28-54(53)61-58(55)60-57)48-25-13-24-47(34-48)52-37-50(40-17-6-2-7-18-40)36-51(38-52)41-19-8-3-9-20-41/h1-38H. The summed E-state index contributed by atoms with van der Waals surface area (Å²) >= 11 is 1.73. The molecule has 0 radical (unpaired) electrons. The van der Waals surface area contributed by atoms with Gasteiger partial charge in [0.15, 0.2) is 5.82 Å². The molecule has 3 heteroatoms. The van der Waals surface area contributed by atoms with Gasteiger partial charge in [0.25, 0.3) is 0 Å². The van der Waals surface area contributed by atoms with E-state index in [0.717, 1.165) is 49.3 Å². The Labute approximate surface area is 359 Å². The molecule has 0 unspecified atom stereocenters. The fourth-order valence-electron chi connectivity index (χ4n) is 8.40. The lowest BCUT2D eigenvalue weighted by Crippen LogP contribution is -1.94. The van der Waals surface area contributed by atoms with Crippen molar-refractivity contribution in [1.29, 1.82) is 0 Å². The van der Waals surface area contributed by atoms with Gasteiger partial charge in [0, 0.05) is 26.6 Å². The number of thiophene rings is 1. The Balaban J connectivity index is 1.00. The van der Waals surface area contributed by atoms with Gasteiger partial charge in [-0.05, 0) is 109 Å². The van der Waals surface area contributed by atoms with Crippen molar-refractivity contribution in [1.82, 2.24) is 9.97 Å². The van der Waals surface area contributed by atoms with Crippen LogP contribution in [0.3, 0.4) is 0 Å². The Bertz CT molecular complexity index is 3280. The first-order valence-electron chi connectivity index (χ1n) is 20.6. The second-order valence-corrected chi connectivity index (χ2v) is 16.4. The Morgan fingerprint density at radius 3 is 1.21 bits per heavy atom. The van der Waals surface area contributed by atoms with Crippen LogP contribution in [0.15, 0.2) is 231 Å². The zero-order chi connectivity index (χ0) is 40.5. The van der Waals surface area contributed by atoms with E-state index in [0.29, 0.717) is 5.82 Å². The van der Waals surface area contributed by atoms with Crippen LogP contribution >= 0.6 is 11.3 Å². The molecule has 0 atom stereocenters. The number of rotatable bonds is 8. The third-order valence-corrected chi connectivity index (χ3v) is 12.6. The van der Waals surface area contributed by atoms with Crippen LogP contribution in [0.5, 0.6) is 0 Å². The Morgan fingerprint density at radius 2 is 0.623 bits per heavy atom. The summed E-state index contributed by atoms with van der Waals surface area (Å²) < 4.78 is 1.20. The smallest absolute Gasteiger partial charge is 0.161 e. The average molecular weight is 795 g/mol. The third kappa shape index (κ3) is 7.22. The first kappa shape index (κ1) is 36.4. The molecule has 0 saturated carbocycles. The van der Waals surface area contributed by atoms with Crippen LogP contribution in [-0.2, 0) is 0 Å². The van der Waals surface area contributed by atoms with Crippen LogP contribution < -0.4 is 0 Å². The summed E-state index contributed by atoms with van der Waals surface area (Å²) in [6, 6.07) is 82.5. The summed E-state index contributed by atoms with van der Waals surface area (Å²) in [6.45, 7) is 0. The summed E-state index contributed by atoms with van der Waals surface area (Å²) in [5.74, 6) is 0.714. The van der Waals surface area contributed by atoms with Crippen LogP contribution in [-0.4, -0.2) is 9.97 Å². The SMILES string of the molecule is c1ccc(-c2ccc(-c3cccc(-c4cccc(-c5nc(-c6cccc(-c7cc(-c8ccccc8)cc(-c8ccccc8)c7)c6)c6c(n5)sc5ccccc56)c4)c3)cc2)cc1. The molecule has 0 aliphatic carbocycles. The number of hydrogen-bond donors (Lipinski definition) is 0. The zero-order valence-electron chi connectivity index (χ0n) is 33.2. The Kier molecular flexibility index (Phi) is 9.42. The molecule has 2 nitrogen and oxygen atoms in total. The van der Waals surface area contributed by atoms with Crippen molar-refractivity contribution in [2.24, 2.45) is 0 Å². The van der Waals surface area contributed by atoms with Crippen LogP contribution in [0.25, 0.3) is 110 Å². The lowest BCUT2D eigenvalue weighted by molar-refractivity contribution is 1.24. The number of aromatic nitrogens is 2. The lowest BCUT2D eigenvalue weighted by atomic mass is 9.92. The summed E-state index contributed by atoms with van der Waals surface area (Å²) in [7, 11) is 0. The van der Waals surface area contributed by atoms with E-state index in [2.05, 4.69) is 231 Å². The van der Waals surface area contributed by atoms with Gasteiger partial charge >= 0.3 is 0 Å². The first-order valence-corrected chi connectivity index (χ1v) is 21.4. The molecular weight excluding hydrogens is 757 g/mol. The number of hydrogen-bond acceptors (Lipinski definition) is 3. The van der Waals surface area contributed by atoms with Gasteiger partial charge in [0.2, 0.25) is 0 Å². The highest BCUT2D eigenvalue weighted by Gasteiger charge is 2.18. The van der Waals surface area contributed by atoms with Crippen LogP contribution in [0.4, 0.5) is 0 Å². The van der Waals surface area contributed by atoms with Crippen molar-refractivity contribution in [3.8, 4) is 89.4 Å². The van der Waals surface area contributed by atoms with E-state index in [-0.39, 0.29) is 0 Å². The fourth-order valence-corrected chi connectivity index (χ4v) is 9.47. The molecule has 286 valence electrons. The molecule has 0 aliphatic heterocycles. The Hall–Kier alpha value is -7.72. The predicted molar refractivity (Wildman–Crippen MR) is 258 cm³/mol. The van der Waals surface area contributed by atoms with E-state index in [4.69, 9.17) is 9.97 Å². The van der Waals surface area contributed by atoms with Crippen molar-refractivity contribution in [2.75, 3.05) is 0 Å². The molecule has 11 aromatic rings. The number of benzene rings is 9. The molecule has 0 bridgehead atoms. The summed E-state index contributed by atoms with van der Waals surface area (Å²) in [4.78, 5) is 11.7. The van der Waals surface area contributed by atoms with Gasteiger partial charge < -0.3 is 0 Å². The zero-order valence-corrected chi connectivity index (χ0v) is 34.1. The van der Waals surface area contributed by atoms with Gasteiger partial charge in [-0.1, -0.05) is 188 Å². The lowest BCUT2D eigenvalue weighted by Gasteiger charge is -2.13. The Morgan fingerprint density at radius 1 is 0.262 bits per heavy atom. The van der Waals surface area contributed by atoms with Crippen molar-refractivity contribution in [2.45, 2.75) is 0 Å². The maximum atomic E-state index is 5.46. The van der Waals surface area contributed by atoms with Gasteiger partial charge in [0.05, 0.1) is 5.69 Å². The second-order valence-electron chi connectivity index (χ2n) is 15.4. The largest absolute Gasteiger partial charge is 0.227 e. The van der Waals surface area contributed by atoms with E-state index >= 15 is 0 Å².